The molecule has 1 rings (SSSR count). The molecule has 112 valence electrons. The van der Waals surface area contributed by atoms with E-state index >= 15 is 0 Å². The molecule has 0 spiro atoms. The number of anilines is 1. The van der Waals surface area contributed by atoms with Crippen molar-refractivity contribution < 1.29 is 14.6 Å². The van der Waals surface area contributed by atoms with E-state index in [9.17, 15) is 9.90 Å². The highest BCUT2D eigenvalue weighted by Crippen LogP contribution is 2.28. The number of amides is 2. The number of hydrogen-bond acceptors (Lipinski definition) is 3. The van der Waals surface area contributed by atoms with Crippen LogP contribution in [0.3, 0.4) is 0 Å². The number of aliphatic hydroxyl groups is 1. The number of aryl methyl sites for hydroxylation is 1. The van der Waals surface area contributed by atoms with Gasteiger partial charge < -0.3 is 20.5 Å². The van der Waals surface area contributed by atoms with E-state index < -0.39 is 12.1 Å². The summed E-state index contributed by atoms with van der Waals surface area (Å²) in [5.74, 6) is 0. The highest BCUT2D eigenvalue weighted by atomic mass is 35.5. The summed E-state index contributed by atoms with van der Waals surface area (Å²) in [4.78, 5) is 11.7. The van der Waals surface area contributed by atoms with Crippen LogP contribution in [-0.4, -0.2) is 37.5 Å². The first-order chi connectivity index (χ1) is 9.43. The third-order valence-electron chi connectivity index (χ3n) is 2.62. The van der Waals surface area contributed by atoms with Crippen LogP contribution in [-0.2, 0) is 4.74 Å². The number of methoxy groups -OCH3 is 1. The Morgan fingerprint density at radius 2 is 2.10 bits per heavy atom. The van der Waals surface area contributed by atoms with E-state index in [0.29, 0.717) is 28.7 Å². The Balaban J connectivity index is 2.45. The fourth-order valence-corrected chi connectivity index (χ4v) is 1.97. The van der Waals surface area contributed by atoms with Crippen molar-refractivity contribution in [3.05, 3.63) is 27.7 Å². The van der Waals surface area contributed by atoms with Gasteiger partial charge in [0.1, 0.15) is 0 Å². The molecule has 0 aromatic heterocycles. The monoisotopic (exact) mass is 320 g/mol. The highest BCUT2D eigenvalue weighted by molar-refractivity contribution is 6.36. The number of halogens is 2. The lowest BCUT2D eigenvalue weighted by atomic mass is 10.2. The molecule has 3 N–H and O–H groups in total. The van der Waals surface area contributed by atoms with Gasteiger partial charge in [0, 0.05) is 18.7 Å². The summed E-state index contributed by atoms with van der Waals surface area (Å²) < 4.78 is 4.79. The van der Waals surface area contributed by atoms with E-state index in [-0.39, 0.29) is 6.61 Å². The van der Waals surface area contributed by atoms with Crippen LogP contribution >= 0.6 is 23.2 Å². The maximum atomic E-state index is 11.7. The smallest absolute Gasteiger partial charge is 0.319 e. The van der Waals surface area contributed by atoms with Crippen molar-refractivity contribution in [1.29, 1.82) is 0 Å². The first-order valence-electron chi connectivity index (χ1n) is 6.11. The summed E-state index contributed by atoms with van der Waals surface area (Å²) in [6, 6.07) is 2.87. The van der Waals surface area contributed by atoms with E-state index in [0.717, 1.165) is 5.56 Å². The number of benzene rings is 1. The molecule has 0 bridgehead atoms. The molecule has 0 aliphatic rings. The van der Waals surface area contributed by atoms with Crippen molar-refractivity contribution in [3.8, 4) is 0 Å². The van der Waals surface area contributed by atoms with Gasteiger partial charge >= 0.3 is 6.03 Å². The molecule has 0 aliphatic heterocycles. The summed E-state index contributed by atoms with van der Waals surface area (Å²) >= 11 is 12.0. The minimum Gasteiger partial charge on any atom is -0.391 e. The second-order valence-corrected chi connectivity index (χ2v) is 5.17. The van der Waals surface area contributed by atoms with Gasteiger partial charge in [-0.05, 0) is 31.0 Å². The number of carbonyl (C=O) groups is 1. The van der Waals surface area contributed by atoms with E-state index in [1.54, 1.807) is 12.1 Å². The van der Waals surface area contributed by atoms with Gasteiger partial charge in [0.25, 0.3) is 0 Å². The first-order valence-corrected chi connectivity index (χ1v) is 6.87. The van der Waals surface area contributed by atoms with E-state index in [4.69, 9.17) is 27.9 Å². The molecule has 0 heterocycles. The average Bonchev–Trinajstić information content (AvgIpc) is 2.36. The van der Waals surface area contributed by atoms with Crippen molar-refractivity contribution in [2.45, 2.75) is 19.4 Å². The van der Waals surface area contributed by atoms with Crippen LogP contribution in [0.5, 0.6) is 0 Å². The fraction of sp³-hybridized carbons (Fsp3) is 0.462. The third-order valence-corrected chi connectivity index (χ3v) is 3.34. The number of urea groups is 1. The first kappa shape index (κ1) is 17.0. The topological polar surface area (TPSA) is 70.6 Å². The third kappa shape index (κ3) is 5.54. The van der Waals surface area contributed by atoms with Crippen molar-refractivity contribution in [1.82, 2.24) is 5.32 Å². The predicted molar refractivity (Wildman–Crippen MR) is 80.7 cm³/mol. The average molecular weight is 321 g/mol. The van der Waals surface area contributed by atoms with Gasteiger partial charge in [-0.3, -0.25) is 0 Å². The van der Waals surface area contributed by atoms with E-state index in [1.807, 2.05) is 6.92 Å². The minimum absolute atomic E-state index is 0.239. The van der Waals surface area contributed by atoms with Crippen LogP contribution in [0.15, 0.2) is 12.1 Å². The largest absolute Gasteiger partial charge is 0.391 e. The van der Waals surface area contributed by atoms with Gasteiger partial charge in [-0.25, -0.2) is 4.79 Å². The Kier molecular flexibility index (Phi) is 7.09. The van der Waals surface area contributed by atoms with E-state index in [1.165, 1.54) is 7.11 Å². The Morgan fingerprint density at radius 3 is 2.75 bits per heavy atom. The van der Waals surface area contributed by atoms with E-state index in [2.05, 4.69) is 10.6 Å². The molecular formula is C13H18Cl2N2O3. The Hall–Kier alpha value is -1.01. The number of aliphatic hydroxyl groups excluding tert-OH is 1. The van der Waals surface area contributed by atoms with Gasteiger partial charge in [-0.1, -0.05) is 23.2 Å². The van der Waals surface area contributed by atoms with Crippen molar-refractivity contribution >= 4 is 34.9 Å². The predicted octanol–water partition coefficient (Wildman–Crippen LogP) is 2.82. The molecule has 0 saturated carbocycles. The zero-order valence-corrected chi connectivity index (χ0v) is 12.9. The maximum Gasteiger partial charge on any atom is 0.319 e. The molecule has 0 aliphatic carbocycles. The number of nitrogens with one attached hydrogen (secondary N) is 2. The summed E-state index contributed by atoms with van der Waals surface area (Å²) in [7, 11) is 1.51. The Morgan fingerprint density at radius 1 is 1.40 bits per heavy atom. The number of carbonyl (C=O) groups excluding carboxylic acids is 1. The van der Waals surface area contributed by atoms with Gasteiger partial charge in [0.15, 0.2) is 0 Å². The normalized spacial score (nSPS) is 12.1. The van der Waals surface area contributed by atoms with Crippen LogP contribution in [0.25, 0.3) is 0 Å². The number of rotatable bonds is 6. The zero-order chi connectivity index (χ0) is 15.1. The second kappa shape index (κ2) is 8.32. The quantitative estimate of drug-likeness (QED) is 0.754. The molecule has 1 unspecified atom stereocenters. The van der Waals surface area contributed by atoms with Crippen molar-refractivity contribution in [2.24, 2.45) is 0 Å². The zero-order valence-electron chi connectivity index (χ0n) is 11.4. The molecule has 1 aromatic rings. The highest BCUT2D eigenvalue weighted by Gasteiger charge is 2.09. The summed E-state index contributed by atoms with van der Waals surface area (Å²) in [5, 5.41) is 15.6. The van der Waals surface area contributed by atoms with Crippen molar-refractivity contribution in [3.63, 3.8) is 0 Å². The van der Waals surface area contributed by atoms with Gasteiger partial charge in [-0.2, -0.15) is 0 Å². The van der Waals surface area contributed by atoms with Crippen LogP contribution in [0.4, 0.5) is 10.5 Å². The fourth-order valence-electron chi connectivity index (χ4n) is 1.54. The summed E-state index contributed by atoms with van der Waals surface area (Å²) in [6.45, 7) is 2.39. The minimum atomic E-state index is -0.599. The summed E-state index contributed by atoms with van der Waals surface area (Å²) in [6.07, 6.45) is -0.193. The molecule has 0 saturated heterocycles. The summed E-state index contributed by atoms with van der Waals surface area (Å²) in [5.41, 5.74) is 1.28. The molecule has 0 radical (unpaired) electrons. The molecule has 1 atom stereocenters. The van der Waals surface area contributed by atoms with Crippen LogP contribution in [0.1, 0.15) is 12.0 Å². The van der Waals surface area contributed by atoms with Crippen molar-refractivity contribution in [2.75, 3.05) is 25.6 Å². The Labute approximate surface area is 128 Å². The van der Waals surface area contributed by atoms with Crippen LogP contribution < -0.4 is 10.6 Å². The lowest BCUT2D eigenvalue weighted by molar-refractivity contribution is 0.0599. The lowest BCUT2D eigenvalue weighted by Crippen LogP contribution is -2.32. The second-order valence-electron chi connectivity index (χ2n) is 4.36. The van der Waals surface area contributed by atoms with Crippen LogP contribution in [0.2, 0.25) is 10.0 Å². The van der Waals surface area contributed by atoms with Gasteiger partial charge in [0.05, 0.1) is 23.4 Å². The number of hydrogen-bond donors (Lipinski definition) is 3. The standard InChI is InChI=1S/C13H18Cl2N2O3/c1-8-5-11(15)12(6-10(8)14)17-13(19)16-4-3-9(18)7-20-2/h5-6,9,18H,3-4,7H2,1-2H3,(H2,16,17,19). The molecule has 5 nitrogen and oxygen atoms in total. The Bertz CT molecular complexity index is 469. The maximum absolute atomic E-state index is 11.7. The molecule has 0 fully saturated rings. The van der Waals surface area contributed by atoms with Crippen LogP contribution in [0, 0.1) is 6.92 Å². The van der Waals surface area contributed by atoms with Gasteiger partial charge in [0.2, 0.25) is 0 Å². The molecular weight excluding hydrogens is 303 g/mol. The molecule has 20 heavy (non-hydrogen) atoms. The molecule has 1 aromatic carbocycles. The molecule has 2 amide bonds. The SMILES string of the molecule is COCC(O)CCNC(=O)Nc1cc(Cl)c(C)cc1Cl. The van der Waals surface area contributed by atoms with Gasteiger partial charge in [-0.15, -0.1) is 0 Å². The number of ether oxygens (including phenoxy) is 1. The lowest BCUT2D eigenvalue weighted by Gasteiger charge is -2.12. The molecule has 7 heteroatoms.